The van der Waals surface area contributed by atoms with Crippen molar-refractivity contribution in [3.63, 3.8) is 0 Å². The minimum Gasteiger partial charge on any atom is -0.487 e. The molecule has 1 fully saturated rings. The summed E-state index contributed by atoms with van der Waals surface area (Å²) in [5, 5.41) is 20.9. The van der Waals surface area contributed by atoms with E-state index in [9.17, 15) is 38.2 Å². The largest absolute Gasteiger partial charge is 0.511 e. The van der Waals surface area contributed by atoms with Crippen LogP contribution < -0.4 is 4.74 Å². The fraction of sp³-hybridized carbons (Fsp3) is 0.591. The predicted molar refractivity (Wildman–Crippen MR) is 210 cm³/mol. The zero-order chi connectivity index (χ0) is 43.6. The number of aliphatic hydroxyl groups is 2. The van der Waals surface area contributed by atoms with Crippen molar-refractivity contribution >= 4 is 24.1 Å². The van der Waals surface area contributed by atoms with Crippen molar-refractivity contribution in [2.45, 2.75) is 111 Å². The average molecular weight is 817 g/mol. The fourth-order valence-corrected chi connectivity index (χ4v) is 5.76. The Kier molecular flexibility index (Phi) is 19.4. The van der Waals surface area contributed by atoms with E-state index in [1.54, 1.807) is 77.1 Å². The number of alkyl halides is 2. The monoisotopic (exact) mass is 816 g/mol. The first-order valence-corrected chi connectivity index (χ1v) is 19.1. The number of rotatable bonds is 23. The second-order valence-corrected chi connectivity index (χ2v) is 16.1. The molecule has 5 atom stereocenters. The van der Waals surface area contributed by atoms with Gasteiger partial charge in [-0.25, -0.2) is 4.79 Å². The maximum absolute atomic E-state index is 14.5. The first kappa shape index (κ1) is 49.2. The van der Waals surface area contributed by atoms with Gasteiger partial charge in [0.15, 0.2) is 6.61 Å². The molecule has 1 aromatic rings. The summed E-state index contributed by atoms with van der Waals surface area (Å²) in [6.07, 6.45) is 13.2. The Labute approximate surface area is 340 Å². The minimum atomic E-state index is -3.29. The van der Waals surface area contributed by atoms with Crippen LogP contribution in [0.15, 0.2) is 54.6 Å². The van der Waals surface area contributed by atoms with E-state index in [1.165, 1.54) is 13.0 Å². The molecule has 12 nitrogen and oxygen atoms in total. The highest BCUT2D eigenvalue weighted by atomic mass is 19.3. The molecule has 0 radical (unpaired) electrons. The number of terminal acetylenes is 2. The number of hydrogen-bond acceptors (Lipinski definition) is 12. The van der Waals surface area contributed by atoms with Crippen molar-refractivity contribution in [1.29, 1.82) is 0 Å². The Bertz CT molecular complexity index is 1600. The van der Waals surface area contributed by atoms with Crippen LogP contribution in [0.25, 0.3) is 0 Å². The third kappa shape index (κ3) is 17.3. The number of carbonyl (C=O) groups is 4. The van der Waals surface area contributed by atoms with Crippen LogP contribution in [0.4, 0.5) is 13.6 Å². The zero-order valence-electron chi connectivity index (χ0n) is 34.2. The van der Waals surface area contributed by atoms with E-state index in [2.05, 4.69) is 11.8 Å². The second-order valence-electron chi connectivity index (χ2n) is 16.1. The summed E-state index contributed by atoms with van der Waals surface area (Å²) in [6.45, 7) is 7.47. The van der Waals surface area contributed by atoms with Gasteiger partial charge in [-0.3, -0.25) is 14.4 Å². The third-order valence-electron chi connectivity index (χ3n) is 9.37. The summed E-state index contributed by atoms with van der Waals surface area (Å²) in [4.78, 5) is 50.4. The highest BCUT2D eigenvalue weighted by Crippen LogP contribution is 2.37. The normalized spacial score (nSPS) is 19.2. The number of carbonyl (C=O) groups excluding carboxylic acids is 4. The van der Waals surface area contributed by atoms with Gasteiger partial charge in [0, 0.05) is 38.5 Å². The molecule has 0 spiro atoms. The van der Waals surface area contributed by atoms with E-state index >= 15 is 0 Å². The van der Waals surface area contributed by atoms with Crippen molar-refractivity contribution in [1.82, 2.24) is 0 Å². The van der Waals surface area contributed by atoms with E-state index in [0.29, 0.717) is 31.1 Å². The minimum absolute atomic E-state index is 0.0236. The van der Waals surface area contributed by atoms with Crippen LogP contribution in [-0.4, -0.2) is 85.1 Å². The quantitative estimate of drug-likeness (QED) is 0.0292. The summed E-state index contributed by atoms with van der Waals surface area (Å²) in [5.74, 6) is -1.18. The lowest BCUT2D eigenvalue weighted by molar-refractivity contribution is -0.170. The highest BCUT2D eigenvalue weighted by molar-refractivity contribution is 5.77. The predicted octanol–water partition coefficient (Wildman–Crippen LogP) is 6.97. The van der Waals surface area contributed by atoms with Gasteiger partial charge in [0.25, 0.3) is 5.92 Å². The summed E-state index contributed by atoms with van der Waals surface area (Å²) in [5.41, 5.74) is -3.20. The maximum Gasteiger partial charge on any atom is 0.511 e. The number of ether oxygens (including phenoxy) is 6. The number of allylic oxidation sites excluding steroid dienone is 2. The van der Waals surface area contributed by atoms with Crippen molar-refractivity contribution < 1.29 is 66.6 Å². The van der Waals surface area contributed by atoms with Gasteiger partial charge in [0.2, 0.25) is 6.29 Å². The van der Waals surface area contributed by atoms with Crippen molar-refractivity contribution in [3.05, 3.63) is 54.6 Å². The Morgan fingerprint density at radius 2 is 1.41 bits per heavy atom. The fourth-order valence-electron chi connectivity index (χ4n) is 5.76. The van der Waals surface area contributed by atoms with Crippen LogP contribution in [0, 0.1) is 52.8 Å². The maximum atomic E-state index is 14.5. The summed E-state index contributed by atoms with van der Waals surface area (Å²) < 4.78 is 60.6. The van der Waals surface area contributed by atoms with Crippen LogP contribution in [0.1, 0.15) is 86.5 Å². The van der Waals surface area contributed by atoms with Crippen LogP contribution in [0.3, 0.4) is 0 Å². The molecule has 1 saturated carbocycles. The smallest absolute Gasteiger partial charge is 0.487 e. The highest BCUT2D eigenvalue weighted by Gasteiger charge is 2.41. The summed E-state index contributed by atoms with van der Waals surface area (Å²) in [7, 11) is 0. The van der Waals surface area contributed by atoms with Gasteiger partial charge >= 0.3 is 24.1 Å². The van der Waals surface area contributed by atoms with E-state index in [-0.39, 0.29) is 38.9 Å². The second kappa shape index (κ2) is 22.9. The van der Waals surface area contributed by atoms with Crippen LogP contribution in [0.5, 0.6) is 5.75 Å². The Morgan fingerprint density at radius 3 is 1.98 bits per heavy atom. The first-order chi connectivity index (χ1) is 27.1. The van der Waals surface area contributed by atoms with E-state index in [0.717, 1.165) is 0 Å². The molecule has 0 amide bonds. The van der Waals surface area contributed by atoms with E-state index in [1.807, 2.05) is 0 Å². The van der Waals surface area contributed by atoms with Crippen molar-refractivity contribution in [3.8, 4) is 30.4 Å². The van der Waals surface area contributed by atoms with Gasteiger partial charge < -0.3 is 38.6 Å². The van der Waals surface area contributed by atoms with E-state index in [4.69, 9.17) is 41.3 Å². The molecule has 320 valence electrons. The van der Waals surface area contributed by atoms with Gasteiger partial charge in [-0.05, 0) is 78.0 Å². The Morgan fingerprint density at radius 1 is 0.845 bits per heavy atom. The van der Waals surface area contributed by atoms with Gasteiger partial charge in [-0.1, -0.05) is 36.4 Å². The van der Waals surface area contributed by atoms with Crippen molar-refractivity contribution in [2.24, 2.45) is 28.1 Å². The Hall–Kier alpha value is -4.92. The standard InChI is InChI=1S/C44H58F2O12/c1-9-23-41(4,5)38(50)54-27-43(8,28-55-39(51)42(6,7)24-10-2)29-56-40(52)58-31(3)57-37(49)21-17-12-11-16-20-33-34(36(48)26-35(33)47)22-25-44(45,46)30-53-32-18-14-13-15-19-32/h1-2,11,13-16,18-19,22,25,31,33-36,47-48H,12,17,20-21,23-24,26-30H2,3-8H3/b16-11-,25-22+/t31?,33-,34-,35+,36-/m1/s1. The van der Waals surface area contributed by atoms with E-state index < -0.39 is 89.8 Å². The molecule has 0 aromatic heterocycles. The van der Waals surface area contributed by atoms with Crippen LogP contribution in [0.2, 0.25) is 0 Å². The lowest BCUT2D eigenvalue weighted by Crippen LogP contribution is -2.40. The molecule has 0 aliphatic heterocycles. The van der Waals surface area contributed by atoms with Crippen LogP contribution in [-0.2, 0) is 38.1 Å². The zero-order valence-corrected chi connectivity index (χ0v) is 34.2. The molecule has 1 aliphatic carbocycles. The molecule has 58 heavy (non-hydrogen) atoms. The SMILES string of the molecule is C#CCC(C)(C)C(=O)OCC(C)(COC(=O)OC(C)OC(=O)CCC/C=C\C[C@@H]1[C@@H](/C=C/C(F)(F)COc2ccccc2)[C@H](O)C[C@@H]1O)COC(=O)C(C)(C)CC#C. The number of halogens is 2. The number of benzene rings is 1. The number of para-hydroxylation sites is 1. The topological polar surface area (TPSA) is 164 Å². The molecular formula is C44H58F2O12. The molecule has 2 N–H and O–H groups in total. The molecule has 14 heteroatoms. The molecule has 1 unspecified atom stereocenters. The molecule has 0 heterocycles. The van der Waals surface area contributed by atoms with Gasteiger partial charge in [-0.2, -0.15) is 8.78 Å². The molecular weight excluding hydrogens is 758 g/mol. The molecule has 1 aliphatic rings. The summed E-state index contributed by atoms with van der Waals surface area (Å²) >= 11 is 0. The molecule has 2 rings (SSSR count). The average Bonchev–Trinajstić information content (AvgIpc) is 3.42. The lowest BCUT2D eigenvalue weighted by Gasteiger charge is -2.31. The Balaban J connectivity index is 1.83. The number of aliphatic hydroxyl groups excluding tert-OH is 2. The summed E-state index contributed by atoms with van der Waals surface area (Å²) in [6, 6.07) is 8.23. The third-order valence-corrected chi connectivity index (χ3v) is 9.37. The van der Waals surface area contributed by atoms with Crippen molar-refractivity contribution in [2.75, 3.05) is 26.4 Å². The van der Waals surface area contributed by atoms with Gasteiger partial charge in [-0.15, -0.1) is 24.7 Å². The number of hydrogen-bond donors (Lipinski definition) is 2. The van der Waals surface area contributed by atoms with Gasteiger partial charge in [0.1, 0.15) is 25.6 Å². The van der Waals surface area contributed by atoms with Gasteiger partial charge in [0.05, 0.1) is 28.5 Å². The van der Waals surface area contributed by atoms with Crippen LogP contribution >= 0.6 is 0 Å². The lowest BCUT2D eigenvalue weighted by atomic mass is 9.89. The first-order valence-electron chi connectivity index (χ1n) is 19.1. The number of unbranched alkanes of at least 4 members (excludes halogenated alkanes) is 1. The number of esters is 3. The molecule has 0 saturated heterocycles. The molecule has 1 aromatic carbocycles. The molecule has 0 bridgehead atoms.